The highest BCUT2D eigenvalue weighted by molar-refractivity contribution is 5.67. The van der Waals surface area contributed by atoms with Crippen LogP contribution in [0.4, 0.5) is 11.4 Å². The van der Waals surface area contributed by atoms with Crippen LogP contribution < -0.4 is 10.6 Å². The minimum atomic E-state index is 0.894. The Morgan fingerprint density at radius 3 is 2.30 bits per heavy atom. The number of rotatable bonds is 5. The molecule has 1 saturated heterocycles. The Balaban J connectivity index is 1.77. The lowest BCUT2D eigenvalue weighted by Crippen LogP contribution is -2.47. The van der Waals surface area contributed by atoms with Gasteiger partial charge in [-0.05, 0) is 12.1 Å². The van der Waals surface area contributed by atoms with Crippen molar-refractivity contribution in [1.29, 1.82) is 0 Å². The summed E-state index contributed by atoms with van der Waals surface area (Å²) in [4.78, 5) is 4.98. The van der Waals surface area contributed by atoms with Crippen molar-refractivity contribution >= 4 is 11.4 Å². The molecule has 0 bridgehead atoms. The topological polar surface area (TPSA) is 32.5 Å². The second-order valence-corrected chi connectivity index (χ2v) is 6.75. The summed E-state index contributed by atoms with van der Waals surface area (Å²) in [7, 11) is 6.78. The first-order chi connectivity index (χ1) is 9.46. The monoisotopic (exact) mass is 277 g/mol. The van der Waals surface area contributed by atoms with Gasteiger partial charge in [0.2, 0.25) is 0 Å². The van der Waals surface area contributed by atoms with Gasteiger partial charge >= 0.3 is 0 Å². The fraction of sp³-hybridized carbons (Fsp3) is 0.625. The molecule has 1 aromatic rings. The predicted molar refractivity (Wildman–Crippen MR) is 87.0 cm³/mol. The van der Waals surface area contributed by atoms with E-state index in [-0.39, 0.29) is 0 Å². The Morgan fingerprint density at radius 1 is 1.05 bits per heavy atom. The molecule has 1 fully saturated rings. The van der Waals surface area contributed by atoms with Crippen molar-refractivity contribution in [2.24, 2.45) is 0 Å². The van der Waals surface area contributed by atoms with Gasteiger partial charge in [0.15, 0.2) is 0 Å². The molecule has 0 radical (unpaired) electrons. The van der Waals surface area contributed by atoms with E-state index >= 15 is 0 Å². The molecule has 1 aromatic carbocycles. The summed E-state index contributed by atoms with van der Waals surface area (Å²) in [6.07, 6.45) is 1.27. The fourth-order valence-electron chi connectivity index (χ4n) is 2.76. The number of nitrogens with zero attached hydrogens (tertiary/aromatic N) is 3. The van der Waals surface area contributed by atoms with Crippen molar-refractivity contribution in [3.63, 3.8) is 0 Å². The van der Waals surface area contributed by atoms with Crippen molar-refractivity contribution in [1.82, 2.24) is 4.90 Å². The summed E-state index contributed by atoms with van der Waals surface area (Å²) in [5, 5.41) is 0. The number of nitrogen functional groups attached to an aromatic ring is 1. The maximum absolute atomic E-state index is 6.06. The molecular formula is C16H29N4+. The van der Waals surface area contributed by atoms with Crippen molar-refractivity contribution < 1.29 is 4.48 Å². The van der Waals surface area contributed by atoms with Crippen molar-refractivity contribution in [3.8, 4) is 0 Å². The lowest BCUT2D eigenvalue weighted by Gasteiger charge is -2.37. The van der Waals surface area contributed by atoms with Crippen LogP contribution in [0.3, 0.4) is 0 Å². The Morgan fingerprint density at radius 2 is 1.70 bits per heavy atom. The molecule has 1 aliphatic heterocycles. The zero-order valence-corrected chi connectivity index (χ0v) is 13.2. The number of hydrogen-bond donors (Lipinski definition) is 1. The molecule has 4 nitrogen and oxygen atoms in total. The number of nitrogens with two attached hydrogens (primary N) is 1. The number of hydrogen-bond acceptors (Lipinski definition) is 3. The normalized spacial score (nSPS) is 17.4. The SMILES string of the molecule is C[N+](C)(C)CCCN1CCN(c2ccccc2N)CC1. The van der Waals surface area contributed by atoms with Gasteiger partial charge in [0.1, 0.15) is 0 Å². The Bertz CT molecular complexity index is 417. The number of piperazine rings is 1. The second-order valence-electron chi connectivity index (χ2n) is 6.75. The van der Waals surface area contributed by atoms with Gasteiger partial charge in [-0.3, -0.25) is 4.90 Å². The first kappa shape index (κ1) is 15.1. The average molecular weight is 277 g/mol. The van der Waals surface area contributed by atoms with Crippen LogP contribution in [0.15, 0.2) is 24.3 Å². The zero-order chi connectivity index (χ0) is 14.6. The summed E-state index contributed by atoms with van der Waals surface area (Å²) in [6, 6.07) is 8.18. The second kappa shape index (κ2) is 6.46. The van der Waals surface area contributed by atoms with E-state index in [0.717, 1.165) is 36.3 Å². The Kier molecular flexibility index (Phi) is 4.89. The predicted octanol–water partition coefficient (Wildman–Crippen LogP) is 1.49. The molecule has 2 rings (SSSR count). The van der Waals surface area contributed by atoms with Gasteiger partial charge in [0.25, 0.3) is 0 Å². The quantitative estimate of drug-likeness (QED) is 0.654. The first-order valence-electron chi connectivity index (χ1n) is 7.58. The molecule has 0 aromatic heterocycles. The van der Waals surface area contributed by atoms with Gasteiger partial charge in [-0.1, -0.05) is 12.1 Å². The molecule has 20 heavy (non-hydrogen) atoms. The molecule has 112 valence electrons. The average Bonchev–Trinajstić information content (AvgIpc) is 2.39. The molecule has 0 saturated carbocycles. The lowest BCUT2D eigenvalue weighted by atomic mass is 10.2. The lowest BCUT2D eigenvalue weighted by molar-refractivity contribution is -0.870. The molecule has 0 unspecified atom stereocenters. The maximum Gasteiger partial charge on any atom is 0.0792 e. The number of quaternary nitrogens is 1. The highest BCUT2D eigenvalue weighted by Crippen LogP contribution is 2.23. The van der Waals surface area contributed by atoms with E-state index in [1.807, 2.05) is 12.1 Å². The first-order valence-corrected chi connectivity index (χ1v) is 7.58. The van der Waals surface area contributed by atoms with Crippen molar-refractivity contribution in [2.45, 2.75) is 6.42 Å². The number of anilines is 2. The van der Waals surface area contributed by atoms with E-state index in [2.05, 4.69) is 43.1 Å². The summed E-state index contributed by atoms with van der Waals surface area (Å²) in [5.41, 5.74) is 8.14. The van der Waals surface area contributed by atoms with Crippen LogP contribution in [0.5, 0.6) is 0 Å². The largest absolute Gasteiger partial charge is 0.397 e. The van der Waals surface area contributed by atoms with Gasteiger partial charge in [-0.15, -0.1) is 0 Å². The van der Waals surface area contributed by atoms with Crippen molar-refractivity contribution in [3.05, 3.63) is 24.3 Å². The Labute approximate surface area is 123 Å². The molecule has 1 heterocycles. The zero-order valence-electron chi connectivity index (χ0n) is 13.2. The third kappa shape index (κ3) is 4.39. The van der Waals surface area contributed by atoms with Gasteiger partial charge in [-0.25, -0.2) is 0 Å². The number of benzene rings is 1. The van der Waals surface area contributed by atoms with Crippen LogP contribution in [0, 0.1) is 0 Å². The molecule has 0 spiro atoms. The molecule has 2 N–H and O–H groups in total. The minimum absolute atomic E-state index is 0.894. The van der Waals surface area contributed by atoms with E-state index in [1.165, 1.54) is 25.2 Å². The standard InChI is InChI=1S/C16H29N4/c1-20(2,3)14-6-9-18-10-12-19(13-11-18)16-8-5-4-7-15(16)17/h4-5,7-8H,6,9-14,17H2,1-3H3/q+1. The smallest absolute Gasteiger partial charge is 0.0792 e. The number of para-hydroxylation sites is 2. The summed E-state index contributed by atoms with van der Waals surface area (Å²) in [5.74, 6) is 0. The van der Waals surface area contributed by atoms with E-state index in [0.29, 0.717) is 0 Å². The Hall–Kier alpha value is -1.26. The van der Waals surface area contributed by atoms with E-state index in [9.17, 15) is 0 Å². The highest BCUT2D eigenvalue weighted by atomic mass is 15.3. The van der Waals surface area contributed by atoms with Crippen LogP contribution in [-0.2, 0) is 0 Å². The van der Waals surface area contributed by atoms with Crippen LogP contribution in [0.2, 0.25) is 0 Å². The van der Waals surface area contributed by atoms with E-state index in [1.54, 1.807) is 0 Å². The van der Waals surface area contributed by atoms with Gasteiger partial charge in [0, 0.05) is 39.1 Å². The van der Waals surface area contributed by atoms with Crippen LogP contribution in [0.25, 0.3) is 0 Å². The summed E-state index contributed by atoms with van der Waals surface area (Å²) >= 11 is 0. The van der Waals surface area contributed by atoms with Gasteiger partial charge in [0.05, 0.1) is 39.1 Å². The summed E-state index contributed by atoms with van der Waals surface area (Å²) < 4.78 is 1.06. The van der Waals surface area contributed by atoms with Crippen LogP contribution >= 0.6 is 0 Å². The van der Waals surface area contributed by atoms with Gasteiger partial charge < -0.3 is 15.1 Å². The third-order valence-corrected chi connectivity index (χ3v) is 3.95. The van der Waals surface area contributed by atoms with Crippen molar-refractivity contribution in [2.75, 3.05) is 71.0 Å². The minimum Gasteiger partial charge on any atom is -0.397 e. The molecule has 1 aliphatic rings. The molecule has 0 atom stereocenters. The summed E-state index contributed by atoms with van der Waals surface area (Å²) in [6.45, 7) is 6.91. The van der Waals surface area contributed by atoms with E-state index < -0.39 is 0 Å². The molecule has 4 heteroatoms. The maximum atomic E-state index is 6.06. The molecule has 0 aliphatic carbocycles. The highest BCUT2D eigenvalue weighted by Gasteiger charge is 2.18. The fourth-order valence-corrected chi connectivity index (χ4v) is 2.76. The third-order valence-electron chi connectivity index (χ3n) is 3.95. The molecule has 0 amide bonds. The van der Waals surface area contributed by atoms with Crippen LogP contribution in [0.1, 0.15) is 6.42 Å². The van der Waals surface area contributed by atoms with E-state index in [4.69, 9.17) is 5.73 Å². The van der Waals surface area contributed by atoms with Crippen LogP contribution in [-0.4, -0.2) is 69.8 Å². The molecular weight excluding hydrogens is 248 g/mol. The van der Waals surface area contributed by atoms with Gasteiger partial charge in [-0.2, -0.15) is 0 Å².